The maximum absolute atomic E-state index is 3.59. The van der Waals surface area contributed by atoms with Crippen LogP contribution in [-0.4, -0.2) is 12.1 Å². The first-order valence-electron chi connectivity index (χ1n) is 4.79. The van der Waals surface area contributed by atoms with Crippen molar-refractivity contribution < 1.29 is 0 Å². The van der Waals surface area contributed by atoms with Crippen molar-refractivity contribution in [2.75, 3.05) is 6.54 Å². The zero-order chi connectivity index (χ0) is 8.91. The highest BCUT2D eigenvalue weighted by Gasteiger charge is 2.17. The van der Waals surface area contributed by atoms with Crippen molar-refractivity contribution in [2.45, 2.75) is 53.0 Å². The monoisotopic (exact) mass is 157 g/mol. The molecule has 0 aliphatic rings. The first kappa shape index (κ1) is 11.0. The minimum absolute atomic E-state index is 0.365. The summed E-state index contributed by atoms with van der Waals surface area (Å²) in [6.45, 7) is 12.4. The third kappa shape index (κ3) is 4.41. The number of nitrogens with one attached hydrogen (secondary N) is 1. The molecule has 0 heterocycles. The van der Waals surface area contributed by atoms with Gasteiger partial charge >= 0.3 is 0 Å². The molecule has 1 N–H and O–H groups in total. The van der Waals surface area contributed by atoms with Crippen LogP contribution in [0.1, 0.15) is 47.5 Å². The van der Waals surface area contributed by atoms with Crippen molar-refractivity contribution in [3.05, 3.63) is 0 Å². The van der Waals surface area contributed by atoms with E-state index in [0.29, 0.717) is 5.54 Å². The van der Waals surface area contributed by atoms with E-state index < -0.39 is 0 Å². The summed E-state index contributed by atoms with van der Waals surface area (Å²) in [5.74, 6) is 0.757. The van der Waals surface area contributed by atoms with Crippen LogP contribution in [0.25, 0.3) is 0 Å². The van der Waals surface area contributed by atoms with Gasteiger partial charge in [-0.3, -0.25) is 0 Å². The molecule has 0 aliphatic carbocycles. The van der Waals surface area contributed by atoms with E-state index in [0.717, 1.165) is 12.5 Å². The van der Waals surface area contributed by atoms with E-state index in [1.807, 2.05) is 0 Å². The summed E-state index contributed by atoms with van der Waals surface area (Å²) < 4.78 is 0. The van der Waals surface area contributed by atoms with E-state index >= 15 is 0 Å². The fourth-order valence-electron chi connectivity index (χ4n) is 0.951. The maximum atomic E-state index is 3.59. The molecule has 0 saturated carbocycles. The number of hydrogen-bond acceptors (Lipinski definition) is 1. The Bertz CT molecular complexity index is 93.0. The average molecular weight is 157 g/mol. The van der Waals surface area contributed by atoms with Crippen molar-refractivity contribution >= 4 is 0 Å². The van der Waals surface area contributed by atoms with E-state index in [1.54, 1.807) is 0 Å². The lowest BCUT2D eigenvalue weighted by Crippen LogP contribution is -2.42. The van der Waals surface area contributed by atoms with Gasteiger partial charge in [-0.1, -0.05) is 27.7 Å². The molecule has 1 nitrogen and oxygen atoms in total. The van der Waals surface area contributed by atoms with Gasteiger partial charge < -0.3 is 5.32 Å². The molecule has 0 atom stereocenters. The van der Waals surface area contributed by atoms with Gasteiger partial charge in [-0.15, -0.1) is 0 Å². The summed E-state index contributed by atoms with van der Waals surface area (Å²) in [6.07, 6.45) is 2.44. The van der Waals surface area contributed by atoms with Gasteiger partial charge in [-0.2, -0.15) is 0 Å². The van der Waals surface area contributed by atoms with Crippen LogP contribution in [0, 0.1) is 5.92 Å². The molecule has 0 amide bonds. The summed E-state index contributed by atoms with van der Waals surface area (Å²) in [7, 11) is 0. The number of hydrogen-bond donors (Lipinski definition) is 1. The van der Waals surface area contributed by atoms with E-state index in [-0.39, 0.29) is 0 Å². The van der Waals surface area contributed by atoms with Gasteiger partial charge in [-0.05, 0) is 32.2 Å². The first-order valence-corrected chi connectivity index (χ1v) is 4.79. The van der Waals surface area contributed by atoms with Crippen LogP contribution in [0.2, 0.25) is 0 Å². The second-order valence-corrected chi connectivity index (χ2v) is 4.04. The second-order valence-electron chi connectivity index (χ2n) is 4.04. The summed E-state index contributed by atoms with van der Waals surface area (Å²) in [5.41, 5.74) is 0.365. The molecule has 0 unspecified atom stereocenters. The molecule has 11 heavy (non-hydrogen) atoms. The van der Waals surface area contributed by atoms with Crippen molar-refractivity contribution in [3.63, 3.8) is 0 Å². The third-order valence-corrected chi connectivity index (χ3v) is 2.50. The molecule has 68 valence electrons. The van der Waals surface area contributed by atoms with Gasteiger partial charge in [0.25, 0.3) is 0 Å². The molecular weight excluding hydrogens is 134 g/mol. The lowest BCUT2D eigenvalue weighted by Gasteiger charge is -2.29. The number of rotatable bonds is 5. The predicted molar refractivity (Wildman–Crippen MR) is 51.8 cm³/mol. The van der Waals surface area contributed by atoms with Crippen LogP contribution in [0.15, 0.2) is 0 Å². The summed E-state index contributed by atoms with van der Waals surface area (Å²) >= 11 is 0. The molecular formula is C10H23N. The smallest absolute Gasteiger partial charge is 0.0148 e. The normalized spacial score (nSPS) is 12.5. The minimum Gasteiger partial charge on any atom is -0.311 e. The lowest BCUT2D eigenvalue weighted by molar-refractivity contribution is 0.314. The Morgan fingerprint density at radius 3 is 1.91 bits per heavy atom. The molecule has 0 aromatic rings. The van der Waals surface area contributed by atoms with E-state index in [2.05, 4.69) is 39.9 Å². The highest BCUT2D eigenvalue weighted by atomic mass is 15.0. The van der Waals surface area contributed by atoms with Gasteiger partial charge in [0.2, 0.25) is 0 Å². The fraction of sp³-hybridized carbons (Fsp3) is 1.00. The lowest BCUT2D eigenvalue weighted by atomic mass is 9.95. The molecule has 0 saturated heterocycles. The summed E-state index contributed by atoms with van der Waals surface area (Å²) in [5, 5.41) is 3.59. The maximum Gasteiger partial charge on any atom is 0.0148 e. The highest BCUT2D eigenvalue weighted by molar-refractivity contribution is 4.79. The molecule has 0 rings (SSSR count). The zero-order valence-electron chi connectivity index (χ0n) is 8.70. The Morgan fingerprint density at radius 1 is 1.18 bits per heavy atom. The molecule has 0 aliphatic heterocycles. The van der Waals surface area contributed by atoms with E-state index in [1.165, 1.54) is 12.8 Å². The summed E-state index contributed by atoms with van der Waals surface area (Å²) in [4.78, 5) is 0. The Morgan fingerprint density at radius 2 is 1.64 bits per heavy atom. The third-order valence-electron chi connectivity index (χ3n) is 2.50. The molecule has 0 radical (unpaired) electrons. The highest BCUT2D eigenvalue weighted by Crippen LogP contribution is 2.13. The molecule has 0 spiro atoms. The van der Waals surface area contributed by atoms with Crippen molar-refractivity contribution in [3.8, 4) is 0 Å². The Balaban J connectivity index is 3.69. The van der Waals surface area contributed by atoms with Crippen molar-refractivity contribution in [2.24, 2.45) is 5.92 Å². The van der Waals surface area contributed by atoms with E-state index in [4.69, 9.17) is 0 Å². The van der Waals surface area contributed by atoms with Crippen LogP contribution in [0.3, 0.4) is 0 Å². The van der Waals surface area contributed by atoms with Crippen molar-refractivity contribution in [1.29, 1.82) is 0 Å². The Hall–Kier alpha value is -0.0400. The van der Waals surface area contributed by atoms with Gasteiger partial charge in [-0.25, -0.2) is 0 Å². The van der Waals surface area contributed by atoms with Gasteiger partial charge in [0.15, 0.2) is 0 Å². The van der Waals surface area contributed by atoms with Gasteiger partial charge in [0.05, 0.1) is 0 Å². The van der Waals surface area contributed by atoms with Crippen LogP contribution in [0.4, 0.5) is 0 Å². The minimum atomic E-state index is 0.365. The average Bonchev–Trinajstić information content (AvgIpc) is 2.00. The Labute approximate surface area is 71.6 Å². The van der Waals surface area contributed by atoms with E-state index in [9.17, 15) is 0 Å². The van der Waals surface area contributed by atoms with Gasteiger partial charge in [0, 0.05) is 5.54 Å². The molecule has 0 aromatic heterocycles. The quantitative estimate of drug-likeness (QED) is 0.647. The van der Waals surface area contributed by atoms with Crippen LogP contribution in [0.5, 0.6) is 0 Å². The largest absolute Gasteiger partial charge is 0.311 e. The van der Waals surface area contributed by atoms with Crippen LogP contribution < -0.4 is 5.32 Å². The molecule has 0 bridgehead atoms. The summed E-state index contributed by atoms with van der Waals surface area (Å²) in [6, 6.07) is 0. The Kier molecular flexibility index (Phi) is 4.74. The predicted octanol–water partition coefficient (Wildman–Crippen LogP) is 2.81. The SMILES string of the molecule is CCC(C)(CC)NCC(C)C. The molecule has 0 aromatic carbocycles. The molecule has 0 fully saturated rings. The van der Waals surface area contributed by atoms with Crippen molar-refractivity contribution in [1.82, 2.24) is 5.32 Å². The molecule has 1 heteroatoms. The zero-order valence-corrected chi connectivity index (χ0v) is 8.70. The van der Waals surface area contributed by atoms with Gasteiger partial charge in [0.1, 0.15) is 0 Å². The van der Waals surface area contributed by atoms with Crippen LogP contribution in [-0.2, 0) is 0 Å². The standard InChI is InChI=1S/C10H23N/c1-6-10(5,7-2)11-8-9(3)4/h9,11H,6-8H2,1-5H3. The first-order chi connectivity index (χ1) is 5.04. The fourth-order valence-corrected chi connectivity index (χ4v) is 0.951. The topological polar surface area (TPSA) is 12.0 Å². The van der Waals surface area contributed by atoms with Crippen LogP contribution >= 0.6 is 0 Å². The second kappa shape index (κ2) is 4.76.